The molecule has 104 valence electrons. The Labute approximate surface area is 136 Å². The number of anilines is 1. The van der Waals surface area contributed by atoms with Crippen molar-refractivity contribution >= 4 is 50.7 Å². The predicted molar refractivity (Wildman–Crippen MR) is 88.0 cm³/mol. The molecule has 2 aromatic rings. The number of hydrogen-bond acceptors (Lipinski definition) is 1. The third-order valence-corrected chi connectivity index (χ3v) is 4.68. The van der Waals surface area contributed by atoms with E-state index < -0.39 is 0 Å². The summed E-state index contributed by atoms with van der Waals surface area (Å²) in [5.74, 6) is -0.279. The van der Waals surface area contributed by atoms with Crippen LogP contribution in [-0.2, 0) is 0 Å². The molecule has 0 radical (unpaired) electrons. The van der Waals surface area contributed by atoms with E-state index in [4.69, 9.17) is 23.2 Å². The summed E-state index contributed by atoms with van der Waals surface area (Å²) >= 11 is 15.4. The number of carbonyl (C=O) groups excluding carboxylic acids is 1. The molecule has 1 amide bonds. The molecule has 2 rings (SSSR count). The number of amides is 1. The Morgan fingerprint density at radius 2 is 1.70 bits per heavy atom. The summed E-state index contributed by atoms with van der Waals surface area (Å²) in [4.78, 5) is 12.2. The quantitative estimate of drug-likeness (QED) is 0.727. The molecule has 0 unspecified atom stereocenters. The Morgan fingerprint density at radius 3 is 2.30 bits per heavy atom. The first-order chi connectivity index (χ1) is 9.38. The molecule has 0 heterocycles. The van der Waals surface area contributed by atoms with Crippen LogP contribution in [0.25, 0.3) is 0 Å². The fourth-order valence-electron chi connectivity index (χ4n) is 1.89. The highest BCUT2D eigenvalue weighted by atomic mass is 79.9. The van der Waals surface area contributed by atoms with Crippen molar-refractivity contribution in [3.05, 3.63) is 61.5 Å². The van der Waals surface area contributed by atoms with Crippen LogP contribution in [0.5, 0.6) is 0 Å². The van der Waals surface area contributed by atoms with Gasteiger partial charge in [-0.15, -0.1) is 0 Å². The van der Waals surface area contributed by atoms with Crippen LogP contribution >= 0.6 is 39.1 Å². The number of hydrogen-bond donors (Lipinski definition) is 1. The molecule has 0 aliphatic rings. The molecular weight excluding hydrogens is 361 g/mol. The Kier molecular flexibility index (Phi) is 4.74. The largest absolute Gasteiger partial charge is 0.322 e. The Bertz CT molecular complexity index is 663. The van der Waals surface area contributed by atoms with Gasteiger partial charge in [-0.25, -0.2) is 0 Å². The van der Waals surface area contributed by atoms with E-state index >= 15 is 0 Å². The molecule has 0 bridgehead atoms. The van der Waals surface area contributed by atoms with E-state index in [0.29, 0.717) is 15.6 Å². The van der Waals surface area contributed by atoms with E-state index in [1.165, 1.54) is 0 Å². The van der Waals surface area contributed by atoms with Crippen molar-refractivity contribution < 1.29 is 4.79 Å². The van der Waals surface area contributed by atoms with Crippen LogP contribution in [-0.4, -0.2) is 5.91 Å². The average Bonchev–Trinajstić information content (AvgIpc) is 2.38. The van der Waals surface area contributed by atoms with Gasteiger partial charge in [0.25, 0.3) is 5.91 Å². The van der Waals surface area contributed by atoms with Gasteiger partial charge in [0.1, 0.15) is 0 Å². The van der Waals surface area contributed by atoms with Crippen molar-refractivity contribution in [1.29, 1.82) is 0 Å². The maximum Gasteiger partial charge on any atom is 0.257 e. The number of aryl methyl sites for hydroxylation is 2. The summed E-state index contributed by atoms with van der Waals surface area (Å²) in [5, 5.41) is 3.68. The molecule has 0 atom stereocenters. The van der Waals surface area contributed by atoms with Gasteiger partial charge in [-0.1, -0.05) is 39.1 Å². The monoisotopic (exact) mass is 371 g/mol. The van der Waals surface area contributed by atoms with E-state index in [9.17, 15) is 4.79 Å². The molecule has 0 fully saturated rings. The molecule has 2 nitrogen and oxygen atoms in total. The van der Waals surface area contributed by atoms with Crippen molar-refractivity contribution in [2.45, 2.75) is 13.8 Å². The summed E-state index contributed by atoms with van der Waals surface area (Å²) in [6, 6.07) is 8.60. The standard InChI is InChI=1S/C15H12BrCl2NO/c1-8-5-11(6-9(2)14(8)16)19-15(20)12-7-10(17)3-4-13(12)18/h3-7H,1-2H3,(H,19,20). The second-order valence-electron chi connectivity index (χ2n) is 4.50. The Morgan fingerprint density at radius 1 is 1.10 bits per heavy atom. The lowest BCUT2D eigenvalue weighted by Crippen LogP contribution is -2.12. The zero-order valence-electron chi connectivity index (χ0n) is 10.9. The third-order valence-electron chi connectivity index (χ3n) is 2.87. The van der Waals surface area contributed by atoms with Crippen LogP contribution in [0.3, 0.4) is 0 Å². The molecule has 2 aromatic carbocycles. The first-order valence-electron chi connectivity index (χ1n) is 5.91. The molecule has 0 saturated heterocycles. The number of benzene rings is 2. The maximum absolute atomic E-state index is 12.2. The van der Waals surface area contributed by atoms with E-state index in [0.717, 1.165) is 21.3 Å². The summed E-state index contributed by atoms with van der Waals surface area (Å²) in [6.07, 6.45) is 0. The van der Waals surface area contributed by atoms with E-state index in [-0.39, 0.29) is 5.91 Å². The molecule has 5 heteroatoms. The van der Waals surface area contributed by atoms with Crippen LogP contribution in [0.1, 0.15) is 21.5 Å². The molecular formula is C15H12BrCl2NO. The van der Waals surface area contributed by atoms with Crippen LogP contribution in [0.2, 0.25) is 10.0 Å². The minimum atomic E-state index is -0.279. The Balaban J connectivity index is 2.30. The van der Waals surface area contributed by atoms with Crippen LogP contribution in [0.15, 0.2) is 34.8 Å². The summed E-state index contributed by atoms with van der Waals surface area (Å²) in [6.45, 7) is 3.94. The van der Waals surface area contributed by atoms with Crippen LogP contribution in [0, 0.1) is 13.8 Å². The summed E-state index contributed by atoms with van der Waals surface area (Å²) in [5.41, 5.74) is 3.19. The third kappa shape index (κ3) is 3.35. The summed E-state index contributed by atoms with van der Waals surface area (Å²) in [7, 11) is 0. The van der Waals surface area contributed by atoms with E-state index in [1.807, 2.05) is 26.0 Å². The molecule has 0 spiro atoms. The van der Waals surface area contributed by atoms with Crippen molar-refractivity contribution in [1.82, 2.24) is 0 Å². The molecule has 20 heavy (non-hydrogen) atoms. The molecule has 0 aromatic heterocycles. The zero-order chi connectivity index (χ0) is 14.9. The van der Waals surface area contributed by atoms with Crippen molar-refractivity contribution in [3.8, 4) is 0 Å². The van der Waals surface area contributed by atoms with E-state index in [2.05, 4.69) is 21.2 Å². The average molecular weight is 373 g/mol. The van der Waals surface area contributed by atoms with Gasteiger partial charge < -0.3 is 5.32 Å². The number of rotatable bonds is 2. The zero-order valence-corrected chi connectivity index (χ0v) is 14.0. The van der Waals surface area contributed by atoms with Gasteiger partial charge >= 0.3 is 0 Å². The second-order valence-corrected chi connectivity index (χ2v) is 6.14. The first kappa shape index (κ1) is 15.4. The second kappa shape index (κ2) is 6.17. The minimum Gasteiger partial charge on any atom is -0.322 e. The van der Waals surface area contributed by atoms with Gasteiger partial charge in [0.05, 0.1) is 10.6 Å². The van der Waals surface area contributed by atoms with Crippen molar-refractivity contribution in [2.75, 3.05) is 5.32 Å². The van der Waals surface area contributed by atoms with Gasteiger partial charge in [-0.3, -0.25) is 4.79 Å². The lowest BCUT2D eigenvalue weighted by molar-refractivity contribution is 0.102. The molecule has 0 aliphatic heterocycles. The fraction of sp³-hybridized carbons (Fsp3) is 0.133. The first-order valence-corrected chi connectivity index (χ1v) is 7.46. The molecule has 0 aliphatic carbocycles. The van der Waals surface area contributed by atoms with Gasteiger partial charge in [-0.05, 0) is 55.3 Å². The highest BCUT2D eigenvalue weighted by molar-refractivity contribution is 9.10. The van der Waals surface area contributed by atoms with Crippen LogP contribution in [0.4, 0.5) is 5.69 Å². The predicted octanol–water partition coefficient (Wildman–Crippen LogP) is 5.63. The lowest BCUT2D eigenvalue weighted by atomic mass is 10.1. The van der Waals surface area contributed by atoms with Gasteiger partial charge in [-0.2, -0.15) is 0 Å². The van der Waals surface area contributed by atoms with Crippen molar-refractivity contribution in [3.63, 3.8) is 0 Å². The van der Waals surface area contributed by atoms with Gasteiger partial charge in [0.2, 0.25) is 0 Å². The van der Waals surface area contributed by atoms with E-state index in [1.54, 1.807) is 18.2 Å². The fourth-order valence-corrected chi connectivity index (χ4v) is 2.49. The van der Waals surface area contributed by atoms with Gasteiger partial charge in [0.15, 0.2) is 0 Å². The SMILES string of the molecule is Cc1cc(NC(=O)c2cc(Cl)ccc2Cl)cc(C)c1Br. The normalized spacial score (nSPS) is 10.4. The molecule has 1 N–H and O–H groups in total. The Hall–Kier alpha value is -1.03. The maximum atomic E-state index is 12.2. The highest BCUT2D eigenvalue weighted by Crippen LogP contribution is 2.26. The topological polar surface area (TPSA) is 29.1 Å². The summed E-state index contributed by atoms with van der Waals surface area (Å²) < 4.78 is 1.04. The lowest BCUT2D eigenvalue weighted by Gasteiger charge is -2.10. The number of carbonyl (C=O) groups is 1. The minimum absolute atomic E-state index is 0.279. The number of halogens is 3. The highest BCUT2D eigenvalue weighted by Gasteiger charge is 2.12. The number of nitrogens with one attached hydrogen (secondary N) is 1. The van der Waals surface area contributed by atoms with Crippen molar-refractivity contribution in [2.24, 2.45) is 0 Å². The molecule has 0 saturated carbocycles. The van der Waals surface area contributed by atoms with Crippen LogP contribution < -0.4 is 5.32 Å². The smallest absolute Gasteiger partial charge is 0.257 e. The van der Waals surface area contributed by atoms with Gasteiger partial charge in [0, 0.05) is 15.2 Å².